The van der Waals surface area contributed by atoms with Gasteiger partial charge in [-0.1, -0.05) is 26.0 Å². The van der Waals surface area contributed by atoms with Crippen molar-refractivity contribution in [1.29, 1.82) is 0 Å². The Morgan fingerprint density at radius 2 is 1.83 bits per heavy atom. The third kappa shape index (κ3) is 7.38. The highest BCUT2D eigenvalue weighted by Crippen LogP contribution is 2.14. The molecule has 6 nitrogen and oxygen atoms in total. The predicted octanol–water partition coefficient (Wildman–Crippen LogP) is 2.81. The molecule has 0 amide bonds. The number of aryl methyl sites for hydroxylation is 1. The van der Waals surface area contributed by atoms with E-state index in [9.17, 15) is 4.79 Å². The number of likely N-dealkylation sites (N-methyl/N-ethyl adjacent to an activating group) is 1. The van der Waals surface area contributed by atoms with Crippen molar-refractivity contribution >= 4 is 28.2 Å². The molecule has 2 N–H and O–H groups in total. The summed E-state index contributed by atoms with van der Waals surface area (Å²) in [6.07, 6.45) is 1.04. The number of rotatable bonds is 11. The zero-order chi connectivity index (χ0) is 22.1. The molecular formula is C23H37N5OS. The first-order valence-corrected chi connectivity index (χ1v) is 11.3. The Labute approximate surface area is 186 Å². The maximum Gasteiger partial charge on any atom is 0.253 e. The van der Waals surface area contributed by atoms with E-state index in [1.807, 2.05) is 33.2 Å². The van der Waals surface area contributed by atoms with Crippen LogP contribution in [0.5, 0.6) is 0 Å². The number of hydrogen-bond donors (Lipinski definition) is 2. The number of aromatic amines is 1. The Hall–Kier alpha value is -1.96. The Morgan fingerprint density at radius 1 is 1.10 bits per heavy atom. The molecule has 0 radical (unpaired) electrons. The molecule has 1 aromatic carbocycles. The van der Waals surface area contributed by atoms with Gasteiger partial charge in [0.25, 0.3) is 5.56 Å². The fourth-order valence-corrected chi connectivity index (χ4v) is 3.66. The molecule has 0 aliphatic heterocycles. The summed E-state index contributed by atoms with van der Waals surface area (Å²) in [6, 6.07) is 8.11. The molecule has 0 saturated carbocycles. The zero-order valence-corrected chi connectivity index (χ0v) is 19.9. The van der Waals surface area contributed by atoms with E-state index in [2.05, 4.69) is 51.0 Å². The van der Waals surface area contributed by atoms with Crippen LogP contribution in [0.2, 0.25) is 0 Å². The number of thiocarbonyl (C=S) groups is 1. The Kier molecular flexibility index (Phi) is 9.75. The zero-order valence-electron chi connectivity index (χ0n) is 19.1. The number of fused-ring (bicyclic) bond motifs is 1. The molecular weight excluding hydrogens is 394 g/mol. The second kappa shape index (κ2) is 12.0. The predicted molar refractivity (Wildman–Crippen MR) is 131 cm³/mol. The van der Waals surface area contributed by atoms with Crippen LogP contribution in [0.3, 0.4) is 0 Å². The van der Waals surface area contributed by atoms with Crippen molar-refractivity contribution in [2.24, 2.45) is 0 Å². The third-order valence-electron chi connectivity index (χ3n) is 5.37. The van der Waals surface area contributed by atoms with Crippen LogP contribution in [0.1, 0.15) is 31.4 Å². The molecule has 0 aliphatic rings. The highest BCUT2D eigenvalue weighted by molar-refractivity contribution is 7.80. The van der Waals surface area contributed by atoms with Crippen LogP contribution in [-0.4, -0.2) is 78.2 Å². The molecule has 0 fully saturated rings. The maximum absolute atomic E-state index is 12.7. The van der Waals surface area contributed by atoms with Crippen LogP contribution in [0.4, 0.5) is 0 Å². The molecule has 166 valence electrons. The molecule has 2 aromatic rings. The van der Waals surface area contributed by atoms with Crippen molar-refractivity contribution in [3.8, 4) is 0 Å². The molecule has 1 heterocycles. The molecule has 0 aliphatic carbocycles. The average Bonchev–Trinajstić information content (AvgIpc) is 2.71. The summed E-state index contributed by atoms with van der Waals surface area (Å²) in [7, 11) is 4.09. The number of pyridine rings is 1. The minimum atomic E-state index is -0.0488. The van der Waals surface area contributed by atoms with Gasteiger partial charge in [0.1, 0.15) is 0 Å². The fraction of sp³-hybridized carbons (Fsp3) is 0.565. The van der Waals surface area contributed by atoms with Crippen LogP contribution in [0.15, 0.2) is 29.1 Å². The first-order valence-electron chi connectivity index (χ1n) is 10.9. The lowest BCUT2D eigenvalue weighted by Crippen LogP contribution is -2.44. The Bertz CT molecular complexity index is 876. The summed E-state index contributed by atoms with van der Waals surface area (Å²) in [6.45, 7) is 12.6. The fourth-order valence-electron chi connectivity index (χ4n) is 3.41. The van der Waals surface area contributed by atoms with Crippen molar-refractivity contribution in [3.63, 3.8) is 0 Å². The third-order valence-corrected chi connectivity index (χ3v) is 5.77. The van der Waals surface area contributed by atoms with Crippen LogP contribution in [-0.2, 0) is 6.54 Å². The minimum Gasteiger partial charge on any atom is -0.363 e. The van der Waals surface area contributed by atoms with Crippen molar-refractivity contribution in [2.45, 2.75) is 33.7 Å². The van der Waals surface area contributed by atoms with E-state index >= 15 is 0 Å². The van der Waals surface area contributed by atoms with Crippen LogP contribution in [0, 0.1) is 6.92 Å². The van der Waals surface area contributed by atoms with Crippen LogP contribution in [0.25, 0.3) is 10.9 Å². The van der Waals surface area contributed by atoms with E-state index in [0.29, 0.717) is 11.7 Å². The van der Waals surface area contributed by atoms with Crippen molar-refractivity contribution < 1.29 is 0 Å². The normalized spacial score (nSPS) is 11.4. The Balaban J connectivity index is 2.07. The molecule has 0 unspecified atom stereocenters. The molecule has 0 bridgehead atoms. The summed E-state index contributed by atoms with van der Waals surface area (Å²) in [5.41, 5.74) is 2.69. The van der Waals surface area contributed by atoms with Gasteiger partial charge in [-0.05, 0) is 82.4 Å². The first kappa shape index (κ1) is 24.3. The number of nitrogens with one attached hydrogen (secondary N) is 2. The van der Waals surface area contributed by atoms with Gasteiger partial charge in [0.2, 0.25) is 0 Å². The number of benzene rings is 1. The van der Waals surface area contributed by atoms with Gasteiger partial charge in [-0.25, -0.2) is 0 Å². The molecule has 7 heteroatoms. The second-order valence-electron chi connectivity index (χ2n) is 8.05. The Morgan fingerprint density at radius 3 is 2.50 bits per heavy atom. The van der Waals surface area contributed by atoms with E-state index in [-0.39, 0.29) is 5.56 Å². The van der Waals surface area contributed by atoms with Crippen molar-refractivity contribution in [1.82, 2.24) is 25.0 Å². The summed E-state index contributed by atoms with van der Waals surface area (Å²) in [5, 5.41) is 5.14. The van der Waals surface area contributed by atoms with Gasteiger partial charge in [-0.3, -0.25) is 4.79 Å². The average molecular weight is 432 g/mol. The summed E-state index contributed by atoms with van der Waals surface area (Å²) in [5.74, 6) is 0. The van der Waals surface area contributed by atoms with Crippen molar-refractivity contribution in [2.75, 3.05) is 53.4 Å². The number of H-pyrrole nitrogens is 1. The van der Waals surface area contributed by atoms with Gasteiger partial charge >= 0.3 is 0 Å². The monoisotopic (exact) mass is 431 g/mol. The largest absolute Gasteiger partial charge is 0.363 e. The lowest BCUT2D eigenvalue weighted by Gasteiger charge is -2.27. The van der Waals surface area contributed by atoms with E-state index in [1.165, 1.54) is 0 Å². The van der Waals surface area contributed by atoms with E-state index < -0.39 is 0 Å². The van der Waals surface area contributed by atoms with Gasteiger partial charge in [0, 0.05) is 30.7 Å². The summed E-state index contributed by atoms with van der Waals surface area (Å²) < 4.78 is 0. The minimum absolute atomic E-state index is 0.0488. The van der Waals surface area contributed by atoms with Gasteiger partial charge < -0.3 is 25.0 Å². The highest BCUT2D eigenvalue weighted by atomic mass is 32.1. The van der Waals surface area contributed by atoms with Crippen LogP contribution < -0.4 is 10.9 Å². The van der Waals surface area contributed by atoms with E-state index in [0.717, 1.165) is 67.7 Å². The van der Waals surface area contributed by atoms with Crippen molar-refractivity contribution in [3.05, 3.63) is 45.7 Å². The standard InChI is InChI=1S/C23H37N5OS/c1-6-27(7-2)12-8-11-24-23(30)28(14-13-26(4)5)17-20-16-19-10-9-18(3)15-21(19)25-22(20)29/h9-10,15-16H,6-8,11-14,17H2,1-5H3,(H,24,30)(H,25,29). The lowest BCUT2D eigenvalue weighted by atomic mass is 10.1. The topological polar surface area (TPSA) is 54.6 Å². The molecule has 2 rings (SSSR count). The van der Waals surface area contributed by atoms with Gasteiger partial charge in [0.05, 0.1) is 6.54 Å². The summed E-state index contributed by atoms with van der Waals surface area (Å²) >= 11 is 5.69. The SMILES string of the molecule is CCN(CC)CCCNC(=S)N(CCN(C)C)Cc1cc2ccc(C)cc2[nH]c1=O. The number of nitrogens with zero attached hydrogens (tertiary/aromatic N) is 3. The molecule has 0 spiro atoms. The molecule has 0 saturated heterocycles. The number of hydrogen-bond acceptors (Lipinski definition) is 4. The molecule has 30 heavy (non-hydrogen) atoms. The van der Waals surface area contributed by atoms with Gasteiger partial charge in [0.15, 0.2) is 5.11 Å². The van der Waals surface area contributed by atoms with Gasteiger partial charge in [-0.2, -0.15) is 0 Å². The molecule has 0 atom stereocenters. The highest BCUT2D eigenvalue weighted by Gasteiger charge is 2.14. The quantitative estimate of drug-likeness (QED) is 0.422. The molecule has 1 aromatic heterocycles. The smallest absolute Gasteiger partial charge is 0.253 e. The van der Waals surface area contributed by atoms with E-state index in [1.54, 1.807) is 0 Å². The van der Waals surface area contributed by atoms with Crippen LogP contribution >= 0.6 is 12.2 Å². The first-order chi connectivity index (χ1) is 14.3. The van der Waals surface area contributed by atoms with Gasteiger partial charge in [-0.15, -0.1) is 0 Å². The second-order valence-corrected chi connectivity index (χ2v) is 8.44. The summed E-state index contributed by atoms with van der Waals surface area (Å²) in [4.78, 5) is 22.3. The van der Waals surface area contributed by atoms with E-state index in [4.69, 9.17) is 12.2 Å². The maximum atomic E-state index is 12.7. The number of aromatic nitrogens is 1. The lowest BCUT2D eigenvalue weighted by molar-refractivity contribution is 0.297.